The van der Waals surface area contributed by atoms with Crippen LogP contribution >= 0.6 is 0 Å². The first kappa shape index (κ1) is 15.5. The Balaban J connectivity index is 2.05. The maximum atomic E-state index is 12.7. The van der Waals surface area contributed by atoms with Crippen LogP contribution in [0.3, 0.4) is 0 Å². The van der Waals surface area contributed by atoms with Crippen LogP contribution in [-0.2, 0) is 15.6 Å². The van der Waals surface area contributed by atoms with Gasteiger partial charge in [-0.05, 0) is 38.0 Å². The zero-order valence-electron chi connectivity index (χ0n) is 13.1. The van der Waals surface area contributed by atoms with Gasteiger partial charge in [0.25, 0.3) is 0 Å². The highest BCUT2D eigenvalue weighted by Gasteiger charge is 2.25. The Labute approximate surface area is 134 Å². The number of benzene rings is 1. The highest BCUT2D eigenvalue weighted by Crippen LogP contribution is 2.23. The van der Waals surface area contributed by atoms with Gasteiger partial charge in [-0.2, -0.15) is 0 Å². The van der Waals surface area contributed by atoms with Gasteiger partial charge in [0.15, 0.2) is 0 Å². The smallest absolute Gasteiger partial charge is 0.232 e. The van der Waals surface area contributed by atoms with Gasteiger partial charge in [-0.1, -0.05) is 12.1 Å². The number of hydrogen-bond donors (Lipinski definition) is 0. The Morgan fingerprint density at radius 1 is 1.17 bits per heavy atom. The van der Waals surface area contributed by atoms with Crippen LogP contribution in [-0.4, -0.2) is 23.0 Å². The van der Waals surface area contributed by atoms with E-state index in [0.717, 1.165) is 16.8 Å². The van der Waals surface area contributed by atoms with Crippen molar-refractivity contribution < 1.29 is 12.8 Å². The summed E-state index contributed by atoms with van der Waals surface area (Å²) in [7, 11) is -3.67. The van der Waals surface area contributed by atoms with Gasteiger partial charge in [0.05, 0.1) is 11.9 Å². The third kappa shape index (κ3) is 2.92. The van der Waals surface area contributed by atoms with Crippen molar-refractivity contribution in [1.82, 2.24) is 14.5 Å². The average molecular weight is 331 g/mol. The first-order valence-electron chi connectivity index (χ1n) is 7.12. The molecule has 6 nitrogen and oxygen atoms in total. The molecule has 0 unspecified atom stereocenters. The zero-order chi connectivity index (χ0) is 16.6. The molecular formula is C16H17N3O3S. The molecule has 0 amide bonds. The summed E-state index contributed by atoms with van der Waals surface area (Å²) < 4.78 is 32.2. The second kappa shape index (κ2) is 5.66. The zero-order valence-corrected chi connectivity index (χ0v) is 14.0. The second-order valence-corrected chi connectivity index (χ2v) is 7.31. The van der Waals surface area contributed by atoms with Gasteiger partial charge in [-0.3, -0.25) is 4.57 Å². The molecule has 120 valence electrons. The predicted molar refractivity (Wildman–Crippen MR) is 85.2 cm³/mol. The SMILES string of the molecule is Cc1cnc(CS(=O)(=O)c2nccn2-c2cccc(C)c2C)o1. The minimum absolute atomic E-state index is 0.0120. The molecule has 0 saturated carbocycles. The minimum atomic E-state index is -3.67. The Morgan fingerprint density at radius 3 is 2.65 bits per heavy atom. The molecular weight excluding hydrogens is 314 g/mol. The monoisotopic (exact) mass is 331 g/mol. The molecule has 7 heteroatoms. The van der Waals surface area contributed by atoms with Gasteiger partial charge in [-0.25, -0.2) is 18.4 Å². The normalized spacial score (nSPS) is 11.8. The van der Waals surface area contributed by atoms with Crippen LogP contribution in [0, 0.1) is 20.8 Å². The lowest BCUT2D eigenvalue weighted by atomic mass is 10.1. The van der Waals surface area contributed by atoms with Crippen LogP contribution in [0.4, 0.5) is 0 Å². The Hall–Kier alpha value is -2.41. The third-order valence-electron chi connectivity index (χ3n) is 3.70. The Morgan fingerprint density at radius 2 is 1.96 bits per heavy atom. The summed E-state index contributed by atoms with van der Waals surface area (Å²) in [6.45, 7) is 5.66. The third-order valence-corrected chi connectivity index (χ3v) is 5.19. The quantitative estimate of drug-likeness (QED) is 0.734. The van der Waals surface area contributed by atoms with Crippen molar-refractivity contribution in [1.29, 1.82) is 0 Å². The summed E-state index contributed by atoms with van der Waals surface area (Å²) in [5, 5.41) is -0.0120. The van der Waals surface area contributed by atoms with Crippen molar-refractivity contribution in [2.24, 2.45) is 0 Å². The number of aromatic nitrogens is 3. The van der Waals surface area contributed by atoms with Gasteiger partial charge in [0.2, 0.25) is 20.9 Å². The largest absolute Gasteiger partial charge is 0.445 e. The molecule has 3 rings (SSSR count). The van der Waals surface area contributed by atoms with E-state index in [2.05, 4.69) is 9.97 Å². The molecule has 0 saturated heterocycles. The summed E-state index contributed by atoms with van der Waals surface area (Å²) in [5.74, 6) is 0.425. The highest BCUT2D eigenvalue weighted by molar-refractivity contribution is 7.90. The van der Waals surface area contributed by atoms with Crippen molar-refractivity contribution in [3.63, 3.8) is 0 Å². The molecule has 0 atom stereocenters. The van der Waals surface area contributed by atoms with E-state index in [4.69, 9.17) is 4.42 Å². The van der Waals surface area contributed by atoms with Gasteiger partial charge < -0.3 is 4.42 Å². The summed E-state index contributed by atoms with van der Waals surface area (Å²) in [4.78, 5) is 8.01. The fourth-order valence-corrected chi connectivity index (χ4v) is 3.66. The lowest BCUT2D eigenvalue weighted by Crippen LogP contribution is -2.13. The first-order chi connectivity index (χ1) is 10.9. The molecule has 0 aliphatic heterocycles. The van der Waals surface area contributed by atoms with Gasteiger partial charge in [0.1, 0.15) is 11.5 Å². The van der Waals surface area contributed by atoms with E-state index >= 15 is 0 Å². The fraction of sp³-hybridized carbons (Fsp3) is 0.250. The van der Waals surface area contributed by atoms with Gasteiger partial charge in [0, 0.05) is 12.4 Å². The van der Waals surface area contributed by atoms with Crippen molar-refractivity contribution in [2.45, 2.75) is 31.7 Å². The van der Waals surface area contributed by atoms with Crippen LogP contribution in [0.25, 0.3) is 5.69 Å². The number of rotatable bonds is 4. The Kier molecular flexibility index (Phi) is 3.81. The number of hydrogen-bond acceptors (Lipinski definition) is 5. The number of imidazole rings is 1. The van der Waals surface area contributed by atoms with E-state index in [1.165, 1.54) is 12.4 Å². The number of sulfone groups is 1. The first-order valence-corrected chi connectivity index (χ1v) is 8.78. The molecule has 0 spiro atoms. The number of nitrogens with zero attached hydrogens (tertiary/aromatic N) is 3. The van der Waals surface area contributed by atoms with Crippen LogP contribution < -0.4 is 0 Å². The van der Waals surface area contributed by atoms with Crippen LogP contribution in [0.15, 0.2) is 46.4 Å². The van der Waals surface area contributed by atoms with E-state index in [1.54, 1.807) is 17.7 Å². The summed E-state index contributed by atoms with van der Waals surface area (Å²) in [6, 6.07) is 5.75. The molecule has 3 aromatic rings. The van der Waals surface area contributed by atoms with Crippen LogP contribution in [0.5, 0.6) is 0 Å². The highest BCUT2D eigenvalue weighted by atomic mass is 32.2. The topological polar surface area (TPSA) is 78.0 Å². The molecule has 0 radical (unpaired) electrons. The maximum absolute atomic E-state index is 12.7. The van der Waals surface area contributed by atoms with E-state index < -0.39 is 9.84 Å². The van der Waals surface area contributed by atoms with E-state index in [1.807, 2.05) is 32.0 Å². The molecule has 23 heavy (non-hydrogen) atoms. The van der Waals surface area contributed by atoms with Crippen molar-refractivity contribution >= 4 is 9.84 Å². The summed E-state index contributed by atoms with van der Waals surface area (Å²) in [6.07, 6.45) is 4.63. The summed E-state index contributed by atoms with van der Waals surface area (Å²) >= 11 is 0. The molecule has 2 heterocycles. The predicted octanol–water partition coefficient (Wildman–Crippen LogP) is 2.76. The molecule has 1 aromatic carbocycles. The molecule has 0 N–H and O–H groups in total. The van der Waals surface area contributed by atoms with E-state index in [-0.39, 0.29) is 16.8 Å². The average Bonchev–Trinajstić information content (AvgIpc) is 3.11. The van der Waals surface area contributed by atoms with Crippen LogP contribution in [0.2, 0.25) is 0 Å². The number of aryl methyl sites for hydroxylation is 2. The molecule has 0 fully saturated rings. The second-order valence-electron chi connectivity index (χ2n) is 5.42. The summed E-state index contributed by atoms with van der Waals surface area (Å²) in [5.41, 5.74) is 2.89. The van der Waals surface area contributed by atoms with Crippen molar-refractivity contribution in [3.05, 3.63) is 59.6 Å². The molecule has 2 aromatic heterocycles. The molecule has 0 bridgehead atoms. The van der Waals surface area contributed by atoms with Crippen molar-refractivity contribution in [3.8, 4) is 5.69 Å². The molecule has 0 aliphatic carbocycles. The Bertz CT molecular complexity index is 955. The lowest BCUT2D eigenvalue weighted by molar-refractivity contribution is 0.483. The maximum Gasteiger partial charge on any atom is 0.232 e. The van der Waals surface area contributed by atoms with Crippen molar-refractivity contribution in [2.75, 3.05) is 0 Å². The van der Waals surface area contributed by atoms with E-state index in [0.29, 0.717) is 5.76 Å². The fourth-order valence-electron chi connectivity index (χ4n) is 2.40. The van der Waals surface area contributed by atoms with E-state index in [9.17, 15) is 8.42 Å². The standard InChI is InChI=1S/C16H17N3O3S/c1-11-5-4-6-14(13(11)3)19-8-7-17-16(19)23(20,21)10-15-18-9-12(2)22-15/h4-9H,10H2,1-3H3. The van der Waals surface area contributed by atoms with Gasteiger partial charge in [-0.15, -0.1) is 0 Å². The van der Waals surface area contributed by atoms with Crippen LogP contribution in [0.1, 0.15) is 22.8 Å². The lowest BCUT2D eigenvalue weighted by Gasteiger charge is -2.12. The minimum Gasteiger partial charge on any atom is -0.445 e. The molecule has 0 aliphatic rings. The van der Waals surface area contributed by atoms with Gasteiger partial charge >= 0.3 is 0 Å². The number of oxazole rings is 1.